The molecule has 0 atom stereocenters. The van der Waals surface area contributed by atoms with Crippen molar-refractivity contribution in [2.24, 2.45) is 0 Å². The zero-order valence-electron chi connectivity index (χ0n) is 10.9. The van der Waals surface area contributed by atoms with Crippen molar-refractivity contribution in [3.05, 3.63) is 70.5 Å². The summed E-state index contributed by atoms with van der Waals surface area (Å²) in [5.41, 5.74) is 7.95. The second kappa shape index (κ2) is 5.49. The van der Waals surface area contributed by atoms with Gasteiger partial charge in [0.2, 0.25) is 5.78 Å². The fraction of sp³-hybridized carbons (Fsp3) is 0. The van der Waals surface area contributed by atoms with Gasteiger partial charge in [-0.2, -0.15) is 0 Å². The number of nitrogens with zero attached hydrogens (tertiary/aromatic N) is 3. The lowest BCUT2D eigenvalue weighted by Gasteiger charge is -2.06. The predicted molar refractivity (Wildman–Crippen MR) is 83.3 cm³/mol. The zero-order chi connectivity index (χ0) is 14.8. The Bertz CT molecular complexity index is 778. The number of hydrogen-bond donors (Lipinski definition) is 1. The monoisotopic (exact) mass is 342 g/mol. The smallest absolute Gasteiger partial charge is 0.213 e. The van der Waals surface area contributed by atoms with Crippen molar-refractivity contribution < 1.29 is 4.79 Å². The molecule has 0 aliphatic rings. The molecule has 21 heavy (non-hydrogen) atoms. The van der Waals surface area contributed by atoms with Crippen molar-refractivity contribution in [3.8, 4) is 5.69 Å². The maximum atomic E-state index is 12.6. The lowest BCUT2D eigenvalue weighted by atomic mass is 10.1. The minimum absolute atomic E-state index is 0.183. The zero-order valence-corrected chi connectivity index (χ0v) is 12.5. The Labute approximate surface area is 129 Å². The van der Waals surface area contributed by atoms with Crippen LogP contribution in [0, 0.1) is 0 Å². The fourth-order valence-electron chi connectivity index (χ4n) is 2.04. The van der Waals surface area contributed by atoms with Gasteiger partial charge in [-0.05, 0) is 30.3 Å². The Kier molecular flexibility index (Phi) is 3.53. The molecule has 6 heteroatoms. The van der Waals surface area contributed by atoms with Gasteiger partial charge >= 0.3 is 0 Å². The standard InChI is InChI=1S/C15H11BrN4O/c16-11-6-10(7-12(17)8-11)15(21)14-9-18-19-20(14)13-4-2-1-3-5-13/h1-9H,17H2. The van der Waals surface area contributed by atoms with Crippen molar-refractivity contribution in [3.63, 3.8) is 0 Å². The number of benzene rings is 2. The Hall–Kier alpha value is -2.47. The van der Waals surface area contributed by atoms with Crippen LogP contribution in [0.3, 0.4) is 0 Å². The third kappa shape index (κ3) is 2.71. The Morgan fingerprint density at radius 1 is 1.14 bits per heavy atom. The SMILES string of the molecule is Nc1cc(Br)cc(C(=O)c2cnnn2-c2ccccc2)c1. The first kappa shape index (κ1) is 13.5. The lowest BCUT2D eigenvalue weighted by Crippen LogP contribution is -2.10. The molecule has 0 spiro atoms. The second-order valence-electron chi connectivity index (χ2n) is 4.47. The molecule has 5 nitrogen and oxygen atoms in total. The first-order valence-corrected chi connectivity index (χ1v) is 7.01. The number of hydrogen-bond acceptors (Lipinski definition) is 4. The van der Waals surface area contributed by atoms with Crippen LogP contribution in [0.2, 0.25) is 0 Å². The highest BCUT2D eigenvalue weighted by Crippen LogP contribution is 2.20. The van der Waals surface area contributed by atoms with Gasteiger partial charge in [-0.3, -0.25) is 4.79 Å². The van der Waals surface area contributed by atoms with Gasteiger partial charge in [-0.1, -0.05) is 39.3 Å². The average molecular weight is 343 g/mol. The quantitative estimate of drug-likeness (QED) is 0.586. The number of anilines is 1. The van der Waals surface area contributed by atoms with Gasteiger partial charge in [-0.15, -0.1) is 5.10 Å². The maximum absolute atomic E-state index is 12.6. The van der Waals surface area contributed by atoms with E-state index in [1.165, 1.54) is 10.9 Å². The van der Waals surface area contributed by atoms with E-state index in [2.05, 4.69) is 26.2 Å². The maximum Gasteiger partial charge on any atom is 0.213 e. The van der Waals surface area contributed by atoms with Crippen molar-refractivity contribution in [1.82, 2.24) is 15.0 Å². The van der Waals surface area contributed by atoms with Crippen LogP contribution in [0.4, 0.5) is 5.69 Å². The van der Waals surface area contributed by atoms with Gasteiger partial charge in [0.15, 0.2) is 0 Å². The van der Waals surface area contributed by atoms with Crippen LogP contribution in [0.25, 0.3) is 5.69 Å². The van der Waals surface area contributed by atoms with Gasteiger partial charge in [0.05, 0.1) is 11.9 Å². The number of ketones is 1. The van der Waals surface area contributed by atoms with E-state index < -0.39 is 0 Å². The summed E-state index contributed by atoms with van der Waals surface area (Å²) < 4.78 is 2.27. The molecule has 3 aromatic rings. The van der Waals surface area contributed by atoms with Crippen molar-refractivity contribution in [1.29, 1.82) is 0 Å². The summed E-state index contributed by atoms with van der Waals surface area (Å²) in [4.78, 5) is 12.6. The van der Waals surface area contributed by atoms with Gasteiger partial charge in [0.25, 0.3) is 0 Å². The number of nitrogen functional groups attached to an aromatic ring is 1. The van der Waals surface area contributed by atoms with Crippen LogP contribution in [0.15, 0.2) is 59.2 Å². The molecule has 0 fully saturated rings. The van der Waals surface area contributed by atoms with E-state index in [1.54, 1.807) is 18.2 Å². The molecule has 0 bridgehead atoms. The van der Waals surface area contributed by atoms with E-state index >= 15 is 0 Å². The molecule has 0 saturated carbocycles. The molecule has 3 rings (SSSR count). The highest BCUT2D eigenvalue weighted by molar-refractivity contribution is 9.10. The molecule has 0 saturated heterocycles. The van der Waals surface area contributed by atoms with E-state index in [0.717, 1.165) is 10.2 Å². The molecule has 1 aromatic heterocycles. The first-order valence-electron chi connectivity index (χ1n) is 6.22. The fourth-order valence-corrected chi connectivity index (χ4v) is 2.55. The van der Waals surface area contributed by atoms with Gasteiger partial charge < -0.3 is 5.73 Å². The van der Waals surface area contributed by atoms with Crippen LogP contribution in [0.5, 0.6) is 0 Å². The first-order chi connectivity index (χ1) is 10.1. The van der Waals surface area contributed by atoms with E-state index in [-0.39, 0.29) is 5.78 Å². The average Bonchev–Trinajstić information content (AvgIpc) is 2.95. The molecule has 104 valence electrons. The molecule has 2 aromatic carbocycles. The second-order valence-corrected chi connectivity index (χ2v) is 5.38. The van der Waals surface area contributed by atoms with Gasteiger partial charge in [0.1, 0.15) is 5.69 Å². The highest BCUT2D eigenvalue weighted by Gasteiger charge is 2.17. The molecule has 0 amide bonds. The van der Waals surface area contributed by atoms with Crippen LogP contribution >= 0.6 is 15.9 Å². The molecule has 2 N–H and O–H groups in total. The third-order valence-electron chi connectivity index (χ3n) is 2.96. The minimum Gasteiger partial charge on any atom is -0.399 e. The normalized spacial score (nSPS) is 10.5. The molecule has 0 radical (unpaired) electrons. The summed E-state index contributed by atoms with van der Waals surface area (Å²) in [5, 5.41) is 7.82. The summed E-state index contributed by atoms with van der Waals surface area (Å²) in [6.45, 7) is 0. The minimum atomic E-state index is -0.183. The summed E-state index contributed by atoms with van der Waals surface area (Å²) in [6.07, 6.45) is 1.45. The van der Waals surface area contributed by atoms with E-state index in [4.69, 9.17) is 5.73 Å². The molecular weight excluding hydrogens is 332 g/mol. The van der Waals surface area contributed by atoms with E-state index in [1.807, 2.05) is 30.3 Å². The highest BCUT2D eigenvalue weighted by atomic mass is 79.9. The van der Waals surface area contributed by atoms with Crippen LogP contribution in [-0.4, -0.2) is 20.8 Å². The number of halogens is 1. The Morgan fingerprint density at radius 2 is 1.90 bits per heavy atom. The van der Waals surface area contributed by atoms with Crippen LogP contribution in [0.1, 0.15) is 16.1 Å². The van der Waals surface area contributed by atoms with Crippen LogP contribution in [-0.2, 0) is 0 Å². The number of carbonyl (C=O) groups excluding carboxylic acids is 1. The molecular formula is C15H11BrN4O. The van der Waals surface area contributed by atoms with E-state index in [0.29, 0.717) is 16.9 Å². The summed E-state index contributed by atoms with van der Waals surface area (Å²) in [5.74, 6) is -0.183. The Balaban J connectivity index is 2.06. The number of rotatable bonds is 3. The topological polar surface area (TPSA) is 73.8 Å². The lowest BCUT2D eigenvalue weighted by molar-refractivity contribution is 0.103. The van der Waals surface area contributed by atoms with Crippen molar-refractivity contribution in [2.45, 2.75) is 0 Å². The molecule has 0 unspecified atom stereocenters. The molecule has 1 heterocycles. The largest absolute Gasteiger partial charge is 0.399 e. The summed E-state index contributed by atoms with van der Waals surface area (Å²) in [7, 11) is 0. The molecule has 0 aliphatic heterocycles. The van der Waals surface area contributed by atoms with Gasteiger partial charge in [0, 0.05) is 15.7 Å². The number of para-hydroxylation sites is 1. The number of carbonyl (C=O) groups is 1. The summed E-state index contributed by atoms with van der Waals surface area (Å²) in [6, 6.07) is 14.5. The van der Waals surface area contributed by atoms with Crippen LogP contribution < -0.4 is 5.73 Å². The van der Waals surface area contributed by atoms with E-state index in [9.17, 15) is 4.79 Å². The van der Waals surface area contributed by atoms with Gasteiger partial charge in [-0.25, -0.2) is 4.68 Å². The Morgan fingerprint density at radius 3 is 2.62 bits per heavy atom. The predicted octanol–water partition coefficient (Wildman–Crippen LogP) is 2.84. The number of nitrogens with two attached hydrogens (primary N) is 1. The van der Waals surface area contributed by atoms with Crippen molar-refractivity contribution >= 4 is 27.4 Å². The summed E-state index contributed by atoms with van der Waals surface area (Å²) >= 11 is 3.34. The van der Waals surface area contributed by atoms with Crippen molar-refractivity contribution in [2.75, 3.05) is 5.73 Å². The number of aromatic nitrogens is 3. The molecule has 0 aliphatic carbocycles. The third-order valence-corrected chi connectivity index (χ3v) is 3.42.